The van der Waals surface area contributed by atoms with Crippen LogP contribution in [-0.4, -0.2) is 42.1 Å². The molecule has 162 valence electrons. The van der Waals surface area contributed by atoms with Crippen molar-refractivity contribution in [2.24, 2.45) is 5.92 Å². The molecule has 0 aromatic heterocycles. The molecule has 2 fully saturated rings. The van der Waals surface area contributed by atoms with Crippen LogP contribution < -0.4 is 10.1 Å². The summed E-state index contributed by atoms with van der Waals surface area (Å²) in [5.74, 6) is 0.261. The lowest BCUT2D eigenvalue weighted by Gasteiger charge is -2.26. The number of rotatable bonds is 7. The van der Waals surface area contributed by atoms with Gasteiger partial charge in [-0.3, -0.25) is 14.5 Å². The van der Waals surface area contributed by atoms with E-state index in [1.165, 1.54) is 0 Å². The zero-order chi connectivity index (χ0) is 21.9. The Bertz CT molecular complexity index is 827. The number of carbonyl (C=O) groups excluding carboxylic acids is 3. The first-order valence-corrected chi connectivity index (χ1v) is 10.4. The summed E-state index contributed by atoms with van der Waals surface area (Å²) in [7, 11) is 0. The van der Waals surface area contributed by atoms with Gasteiger partial charge in [0.15, 0.2) is 0 Å². The Hall–Kier alpha value is -2.83. The monoisotopic (exact) mass is 414 g/mol. The van der Waals surface area contributed by atoms with Crippen molar-refractivity contribution in [1.82, 2.24) is 10.2 Å². The number of hydrogen-bond donors (Lipinski definition) is 1. The number of amides is 3. The number of carbonyl (C=O) groups is 3. The summed E-state index contributed by atoms with van der Waals surface area (Å²) in [5.41, 5.74) is 0.264. The molecule has 0 bridgehead atoms. The van der Waals surface area contributed by atoms with Crippen LogP contribution in [0.15, 0.2) is 36.4 Å². The maximum atomic E-state index is 13.0. The average Bonchev–Trinajstić information content (AvgIpc) is 2.92. The second-order valence-electron chi connectivity index (χ2n) is 8.59. The van der Waals surface area contributed by atoms with Gasteiger partial charge in [0.25, 0.3) is 5.91 Å². The van der Waals surface area contributed by atoms with Gasteiger partial charge in [-0.25, -0.2) is 4.79 Å². The molecular formula is C23H30N2O5. The zero-order valence-corrected chi connectivity index (χ0v) is 17.9. The summed E-state index contributed by atoms with van der Waals surface area (Å²) >= 11 is 0. The minimum Gasteiger partial charge on any atom is -0.489 e. The fourth-order valence-electron chi connectivity index (χ4n) is 3.83. The van der Waals surface area contributed by atoms with E-state index >= 15 is 0 Å². The summed E-state index contributed by atoms with van der Waals surface area (Å²) in [6.45, 7) is 9.50. The molecule has 0 spiro atoms. The van der Waals surface area contributed by atoms with Crippen molar-refractivity contribution in [1.29, 1.82) is 0 Å². The van der Waals surface area contributed by atoms with Crippen LogP contribution in [0.5, 0.6) is 5.75 Å². The molecule has 7 nitrogen and oxygen atoms in total. The van der Waals surface area contributed by atoms with Crippen LogP contribution >= 0.6 is 0 Å². The standard InChI is InChI=1S/C23H30N2O5/c1-15(2)14-29-18-11-7-17(8-12-18)23(4)21(27)25(22(28)24-23)13-20(26)30-19-9-5-16(3)6-10-19/h7-8,11-12,16,19H,1,5-6,9-10,13-14H2,2-4H3,(H,24,28). The number of urea groups is 1. The number of nitrogens with one attached hydrogen (secondary N) is 1. The third-order valence-electron chi connectivity index (χ3n) is 5.74. The zero-order valence-electron chi connectivity index (χ0n) is 17.9. The topological polar surface area (TPSA) is 84.9 Å². The Morgan fingerprint density at radius 2 is 1.83 bits per heavy atom. The molecule has 1 aromatic rings. The van der Waals surface area contributed by atoms with Crippen molar-refractivity contribution in [3.05, 3.63) is 42.0 Å². The van der Waals surface area contributed by atoms with Gasteiger partial charge in [-0.1, -0.05) is 25.6 Å². The highest BCUT2D eigenvalue weighted by molar-refractivity contribution is 6.08. The van der Waals surface area contributed by atoms with Gasteiger partial charge in [0, 0.05) is 0 Å². The summed E-state index contributed by atoms with van der Waals surface area (Å²) in [4.78, 5) is 38.7. The van der Waals surface area contributed by atoms with Crippen LogP contribution in [0.4, 0.5) is 4.79 Å². The summed E-state index contributed by atoms with van der Waals surface area (Å²) in [6, 6.07) is 6.35. The summed E-state index contributed by atoms with van der Waals surface area (Å²) in [6.07, 6.45) is 3.55. The van der Waals surface area contributed by atoms with Gasteiger partial charge in [-0.05, 0) is 68.7 Å². The van der Waals surface area contributed by atoms with Gasteiger partial charge in [0.05, 0.1) is 0 Å². The molecule has 3 rings (SSSR count). The van der Waals surface area contributed by atoms with Crippen LogP contribution in [0.2, 0.25) is 0 Å². The van der Waals surface area contributed by atoms with Gasteiger partial charge in [-0.2, -0.15) is 0 Å². The Balaban J connectivity index is 1.63. The van der Waals surface area contributed by atoms with Crippen LogP contribution in [0, 0.1) is 5.92 Å². The van der Waals surface area contributed by atoms with Crippen LogP contribution in [0.1, 0.15) is 52.0 Å². The largest absolute Gasteiger partial charge is 0.489 e. The molecule has 0 radical (unpaired) electrons. The van der Waals surface area contributed by atoms with Crippen LogP contribution in [0.3, 0.4) is 0 Å². The Kier molecular flexibility index (Phi) is 6.48. The Morgan fingerprint density at radius 3 is 2.43 bits per heavy atom. The number of benzene rings is 1. The number of hydrogen-bond acceptors (Lipinski definition) is 5. The van der Waals surface area contributed by atoms with Gasteiger partial charge in [-0.15, -0.1) is 0 Å². The molecule has 1 aliphatic carbocycles. The predicted molar refractivity (Wildman–Crippen MR) is 112 cm³/mol. The van der Waals surface area contributed by atoms with E-state index in [1.807, 2.05) is 6.92 Å². The SMILES string of the molecule is C=C(C)COc1ccc(C2(C)NC(=O)N(CC(=O)OC3CCC(C)CC3)C2=O)cc1. The van der Waals surface area contributed by atoms with Crippen LogP contribution in [-0.2, 0) is 19.9 Å². The molecule has 3 amide bonds. The molecular weight excluding hydrogens is 384 g/mol. The maximum Gasteiger partial charge on any atom is 0.326 e. The molecule has 1 aliphatic heterocycles. The van der Waals surface area contributed by atoms with E-state index in [9.17, 15) is 14.4 Å². The number of ether oxygens (including phenoxy) is 2. The molecule has 1 heterocycles. The fourth-order valence-corrected chi connectivity index (χ4v) is 3.83. The molecule has 30 heavy (non-hydrogen) atoms. The van der Waals surface area contributed by atoms with Gasteiger partial charge >= 0.3 is 12.0 Å². The average molecular weight is 415 g/mol. The Labute approximate surface area is 177 Å². The lowest BCUT2D eigenvalue weighted by Crippen LogP contribution is -2.42. The van der Waals surface area contributed by atoms with Crippen molar-refractivity contribution in [3.63, 3.8) is 0 Å². The minimum atomic E-state index is -1.25. The fraction of sp³-hybridized carbons (Fsp3) is 0.522. The van der Waals surface area contributed by atoms with Gasteiger partial charge in [0.1, 0.15) is 30.5 Å². The van der Waals surface area contributed by atoms with Crippen molar-refractivity contribution in [2.45, 2.75) is 58.1 Å². The number of esters is 1. The van der Waals surface area contributed by atoms with E-state index in [4.69, 9.17) is 9.47 Å². The Morgan fingerprint density at radius 1 is 1.20 bits per heavy atom. The first kappa shape index (κ1) is 21.9. The lowest BCUT2D eigenvalue weighted by molar-refractivity contribution is -0.154. The molecule has 1 atom stereocenters. The normalized spacial score (nSPS) is 26.3. The van der Waals surface area contributed by atoms with E-state index in [-0.39, 0.29) is 12.6 Å². The van der Waals surface area contributed by atoms with Crippen molar-refractivity contribution in [3.8, 4) is 5.75 Å². The second kappa shape index (κ2) is 8.90. The van der Waals surface area contributed by atoms with E-state index in [2.05, 4.69) is 18.8 Å². The first-order valence-electron chi connectivity index (χ1n) is 10.4. The lowest BCUT2D eigenvalue weighted by atomic mass is 9.89. The van der Waals surface area contributed by atoms with E-state index in [0.717, 1.165) is 36.2 Å². The van der Waals surface area contributed by atoms with Gasteiger partial charge in [0.2, 0.25) is 0 Å². The van der Waals surface area contributed by atoms with E-state index < -0.39 is 23.4 Å². The minimum absolute atomic E-state index is 0.132. The number of nitrogens with zero attached hydrogens (tertiary/aromatic N) is 1. The molecule has 2 aliphatic rings. The van der Waals surface area contributed by atoms with Gasteiger partial charge < -0.3 is 14.8 Å². The highest BCUT2D eigenvalue weighted by Gasteiger charge is 2.49. The molecule has 7 heteroatoms. The van der Waals surface area contributed by atoms with Crippen molar-refractivity contribution >= 4 is 17.9 Å². The first-order chi connectivity index (χ1) is 14.2. The quantitative estimate of drug-likeness (QED) is 0.419. The third kappa shape index (κ3) is 4.83. The predicted octanol–water partition coefficient (Wildman–Crippen LogP) is 3.53. The summed E-state index contributed by atoms with van der Waals surface area (Å²) in [5, 5.41) is 2.71. The molecule has 1 aromatic carbocycles. The second-order valence-corrected chi connectivity index (χ2v) is 8.59. The van der Waals surface area contributed by atoms with E-state index in [0.29, 0.717) is 23.8 Å². The van der Waals surface area contributed by atoms with E-state index in [1.54, 1.807) is 31.2 Å². The van der Waals surface area contributed by atoms with Crippen LogP contribution in [0.25, 0.3) is 0 Å². The molecule has 1 saturated heterocycles. The van der Waals surface area contributed by atoms with Crippen molar-refractivity contribution in [2.75, 3.05) is 13.2 Å². The highest BCUT2D eigenvalue weighted by atomic mass is 16.5. The highest BCUT2D eigenvalue weighted by Crippen LogP contribution is 2.30. The molecule has 1 N–H and O–H groups in total. The smallest absolute Gasteiger partial charge is 0.326 e. The third-order valence-corrected chi connectivity index (χ3v) is 5.74. The molecule has 1 unspecified atom stereocenters. The maximum absolute atomic E-state index is 13.0. The molecule has 1 saturated carbocycles. The number of imide groups is 1. The summed E-state index contributed by atoms with van der Waals surface area (Å²) < 4.78 is 11.1. The van der Waals surface area contributed by atoms with Crippen molar-refractivity contribution < 1.29 is 23.9 Å².